The third-order valence-corrected chi connectivity index (χ3v) is 4.06. The van der Waals surface area contributed by atoms with E-state index in [-0.39, 0.29) is 6.61 Å². The molecule has 2 aliphatic heterocycles. The lowest BCUT2D eigenvalue weighted by molar-refractivity contribution is 0.167. The van der Waals surface area contributed by atoms with Crippen molar-refractivity contribution in [3.8, 4) is 0 Å². The topological polar surface area (TPSA) is 35.5 Å². The molecule has 2 saturated heterocycles. The van der Waals surface area contributed by atoms with Crippen LogP contribution in [0.1, 0.15) is 33.1 Å². The first-order valence-electron chi connectivity index (χ1n) is 6.78. The molecule has 4 unspecified atom stereocenters. The summed E-state index contributed by atoms with van der Waals surface area (Å²) in [6.07, 6.45) is 3.69. The third-order valence-electron chi connectivity index (χ3n) is 4.06. The number of fused-ring (bicyclic) bond motifs is 2. The molecule has 2 N–H and O–H groups in total. The third kappa shape index (κ3) is 2.96. The van der Waals surface area contributed by atoms with Gasteiger partial charge in [-0.3, -0.25) is 0 Å². The van der Waals surface area contributed by atoms with Gasteiger partial charge in [0, 0.05) is 18.6 Å². The quantitative estimate of drug-likeness (QED) is 0.736. The van der Waals surface area contributed by atoms with E-state index in [2.05, 4.69) is 24.1 Å². The van der Waals surface area contributed by atoms with Gasteiger partial charge in [-0.15, -0.1) is 0 Å². The molecule has 0 aliphatic carbocycles. The lowest BCUT2D eigenvalue weighted by atomic mass is 9.92. The highest BCUT2D eigenvalue weighted by Gasteiger charge is 2.34. The van der Waals surface area contributed by atoms with Crippen molar-refractivity contribution in [3.05, 3.63) is 0 Å². The maximum Gasteiger partial charge on any atom is 0.0584 e. The minimum atomic E-state index is 0.283. The summed E-state index contributed by atoms with van der Waals surface area (Å²) >= 11 is 0. The number of hydrogen-bond acceptors (Lipinski definition) is 3. The van der Waals surface area contributed by atoms with Gasteiger partial charge < -0.3 is 15.3 Å². The largest absolute Gasteiger partial charge is 0.395 e. The first-order chi connectivity index (χ1) is 7.69. The molecule has 0 aromatic carbocycles. The summed E-state index contributed by atoms with van der Waals surface area (Å²) < 4.78 is 0. The zero-order valence-electron chi connectivity index (χ0n) is 10.7. The Labute approximate surface area is 99.2 Å². The fourth-order valence-electron chi connectivity index (χ4n) is 3.24. The number of aliphatic hydroxyl groups is 1. The van der Waals surface area contributed by atoms with E-state index in [1.54, 1.807) is 0 Å². The van der Waals surface area contributed by atoms with Crippen molar-refractivity contribution < 1.29 is 5.11 Å². The molecule has 2 rings (SSSR count). The predicted molar refractivity (Wildman–Crippen MR) is 66.4 cm³/mol. The summed E-state index contributed by atoms with van der Waals surface area (Å²) in [6.45, 7) is 8.54. The van der Waals surface area contributed by atoms with Crippen molar-refractivity contribution in [3.63, 3.8) is 0 Å². The van der Waals surface area contributed by atoms with Crippen molar-refractivity contribution in [2.75, 3.05) is 26.2 Å². The molecule has 3 heteroatoms. The van der Waals surface area contributed by atoms with E-state index in [0.29, 0.717) is 18.0 Å². The maximum atomic E-state index is 9.40. The average Bonchev–Trinajstić information content (AvgIpc) is 2.64. The van der Waals surface area contributed by atoms with Crippen molar-refractivity contribution in [2.24, 2.45) is 11.8 Å². The molecule has 0 aromatic heterocycles. The van der Waals surface area contributed by atoms with E-state index in [0.717, 1.165) is 12.3 Å². The second-order valence-corrected chi connectivity index (χ2v) is 5.92. The van der Waals surface area contributed by atoms with E-state index < -0.39 is 0 Å². The van der Waals surface area contributed by atoms with E-state index in [1.165, 1.54) is 32.5 Å². The van der Waals surface area contributed by atoms with E-state index >= 15 is 0 Å². The summed E-state index contributed by atoms with van der Waals surface area (Å²) in [5.41, 5.74) is 0. The summed E-state index contributed by atoms with van der Waals surface area (Å²) in [7, 11) is 0. The predicted octanol–water partition coefficient (Wildman–Crippen LogP) is 1.08. The molecule has 2 heterocycles. The maximum absolute atomic E-state index is 9.40. The number of piperidine rings is 1. The van der Waals surface area contributed by atoms with Crippen LogP contribution < -0.4 is 5.32 Å². The van der Waals surface area contributed by atoms with Gasteiger partial charge in [0.1, 0.15) is 0 Å². The summed E-state index contributed by atoms with van der Waals surface area (Å²) in [5, 5.41) is 13.1. The molecule has 0 saturated carbocycles. The number of nitrogens with one attached hydrogen (secondary N) is 1. The Kier molecular flexibility index (Phi) is 4.22. The molecule has 0 spiro atoms. The van der Waals surface area contributed by atoms with Gasteiger partial charge in [-0.1, -0.05) is 13.8 Å². The Hall–Kier alpha value is -0.120. The van der Waals surface area contributed by atoms with Crippen LogP contribution in [0.3, 0.4) is 0 Å². The monoisotopic (exact) mass is 226 g/mol. The van der Waals surface area contributed by atoms with Gasteiger partial charge in [0.15, 0.2) is 0 Å². The van der Waals surface area contributed by atoms with Crippen molar-refractivity contribution in [2.45, 2.75) is 45.2 Å². The molecule has 4 atom stereocenters. The summed E-state index contributed by atoms with van der Waals surface area (Å²) in [6, 6.07) is 0.951. The highest BCUT2D eigenvalue weighted by Crippen LogP contribution is 2.27. The first-order valence-corrected chi connectivity index (χ1v) is 6.78. The standard InChI is InChI=1S/C13H26N2O/c1-10(2)7-12(9-16)14-13-4-6-15-5-3-11(13)8-15/h10-14,16H,3-9H2,1-2H3. The Balaban J connectivity index is 1.82. The van der Waals surface area contributed by atoms with Crippen LogP contribution in [0.2, 0.25) is 0 Å². The normalized spacial score (nSPS) is 35.6. The minimum Gasteiger partial charge on any atom is -0.395 e. The van der Waals surface area contributed by atoms with Crippen molar-refractivity contribution in [1.82, 2.24) is 10.2 Å². The van der Waals surface area contributed by atoms with E-state index in [4.69, 9.17) is 0 Å². The number of nitrogens with zero attached hydrogens (tertiary/aromatic N) is 1. The number of rotatable bonds is 5. The van der Waals surface area contributed by atoms with Crippen molar-refractivity contribution >= 4 is 0 Å². The molecule has 0 radical (unpaired) electrons. The molecule has 2 aliphatic rings. The lowest BCUT2D eigenvalue weighted by Crippen LogP contribution is -2.49. The zero-order chi connectivity index (χ0) is 11.5. The van der Waals surface area contributed by atoms with E-state index in [1.807, 2.05) is 0 Å². The Morgan fingerprint density at radius 2 is 2.06 bits per heavy atom. The van der Waals surface area contributed by atoms with Crippen LogP contribution in [0, 0.1) is 11.8 Å². The number of hydrogen-bond donors (Lipinski definition) is 2. The molecule has 2 fully saturated rings. The van der Waals surface area contributed by atoms with Gasteiger partial charge in [-0.05, 0) is 44.2 Å². The second kappa shape index (κ2) is 5.48. The van der Waals surface area contributed by atoms with Crippen LogP contribution in [0.4, 0.5) is 0 Å². The second-order valence-electron chi connectivity index (χ2n) is 5.92. The number of aliphatic hydroxyl groups excluding tert-OH is 1. The van der Waals surface area contributed by atoms with Crippen LogP contribution in [0.15, 0.2) is 0 Å². The molecule has 16 heavy (non-hydrogen) atoms. The molecule has 0 amide bonds. The molecular weight excluding hydrogens is 200 g/mol. The summed E-state index contributed by atoms with van der Waals surface area (Å²) in [4.78, 5) is 2.57. The fourth-order valence-corrected chi connectivity index (χ4v) is 3.24. The first kappa shape index (κ1) is 12.3. The Morgan fingerprint density at radius 1 is 1.31 bits per heavy atom. The fraction of sp³-hybridized carbons (Fsp3) is 1.00. The molecule has 3 nitrogen and oxygen atoms in total. The van der Waals surface area contributed by atoms with Crippen LogP contribution in [-0.2, 0) is 0 Å². The van der Waals surface area contributed by atoms with Crippen LogP contribution in [0.5, 0.6) is 0 Å². The molecule has 94 valence electrons. The van der Waals surface area contributed by atoms with Gasteiger partial charge >= 0.3 is 0 Å². The zero-order valence-corrected chi connectivity index (χ0v) is 10.7. The smallest absolute Gasteiger partial charge is 0.0584 e. The van der Waals surface area contributed by atoms with Gasteiger partial charge in [0.2, 0.25) is 0 Å². The Morgan fingerprint density at radius 3 is 2.75 bits per heavy atom. The van der Waals surface area contributed by atoms with Crippen molar-refractivity contribution in [1.29, 1.82) is 0 Å². The van der Waals surface area contributed by atoms with Crippen LogP contribution in [0.25, 0.3) is 0 Å². The highest BCUT2D eigenvalue weighted by molar-refractivity contribution is 4.92. The summed E-state index contributed by atoms with van der Waals surface area (Å²) in [5.74, 6) is 1.49. The van der Waals surface area contributed by atoms with Gasteiger partial charge in [-0.2, -0.15) is 0 Å². The SMILES string of the molecule is CC(C)CC(CO)NC1CCN2CCC1C2. The van der Waals surface area contributed by atoms with Gasteiger partial charge in [-0.25, -0.2) is 0 Å². The van der Waals surface area contributed by atoms with Gasteiger partial charge in [0.05, 0.1) is 6.61 Å². The highest BCUT2D eigenvalue weighted by atomic mass is 16.3. The van der Waals surface area contributed by atoms with Gasteiger partial charge in [0.25, 0.3) is 0 Å². The van der Waals surface area contributed by atoms with E-state index in [9.17, 15) is 5.11 Å². The van der Waals surface area contributed by atoms with Crippen LogP contribution in [-0.4, -0.2) is 48.3 Å². The van der Waals surface area contributed by atoms with Crippen LogP contribution >= 0.6 is 0 Å². The minimum absolute atomic E-state index is 0.283. The average molecular weight is 226 g/mol. The molecular formula is C13H26N2O. The molecule has 2 bridgehead atoms. The Bertz CT molecular complexity index is 220. The lowest BCUT2D eigenvalue weighted by Gasteiger charge is -2.34. The molecule has 0 aromatic rings.